The van der Waals surface area contributed by atoms with Crippen molar-refractivity contribution in [2.45, 2.75) is 82.6 Å². The maximum atomic E-state index is 12.6. The Morgan fingerprint density at radius 2 is 1.45 bits per heavy atom. The van der Waals surface area contributed by atoms with Gasteiger partial charge in [-0.3, -0.25) is 0 Å². The normalized spacial score (nSPS) is 19.8. The van der Waals surface area contributed by atoms with Gasteiger partial charge in [0.25, 0.3) is 0 Å². The lowest BCUT2D eigenvalue weighted by Crippen LogP contribution is -2.36. The van der Waals surface area contributed by atoms with E-state index in [2.05, 4.69) is 0 Å². The molecule has 0 aromatic carbocycles. The van der Waals surface area contributed by atoms with Gasteiger partial charge in [-0.1, -0.05) is 32.1 Å². The van der Waals surface area contributed by atoms with Gasteiger partial charge in [-0.25, -0.2) is 0 Å². The summed E-state index contributed by atoms with van der Waals surface area (Å²) in [6, 6.07) is 0. The van der Waals surface area contributed by atoms with Crippen LogP contribution in [0.3, 0.4) is 0 Å². The molecule has 0 amide bonds. The Bertz CT molecular complexity index is 288. The molecule has 1 aliphatic rings. The highest BCUT2D eigenvalue weighted by atomic mass is 19.4. The highest BCUT2D eigenvalue weighted by Gasteiger charge is 2.56. The number of rotatable bonds is 11. The third-order valence-corrected chi connectivity index (χ3v) is 3.74. The van der Waals surface area contributed by atoms with Crippen molar-refractivity contribution in [3.05, 3.63) is 0 Å². The van der Waals surface area contributed by atoms with Crippen LogP contribution in [0.25, 0.3) is 0 Å². The van der Waals surface area contributed by atoms with E-state index in [-0.39, 0.29) is 12.7 Å². The first-order valence-electron chi connectivity index (χ1n) is 8.01. The van der Waals surface area contributed by atoms with E-state index in [0.29, 0.717) is 19.4 Å². The molecule has 1 heterocycles. The highest BCUT2D eigenvalue weighted by Crippen LogP contribution is 2.39. The summed E-state index contributed by atoms with van der Waals surface area (Å²) in [5, 5.41) is 0. The van der Waals surface area contributed by atoms with Crippen LogP contribution in [0.15, 0.2) is 0 Å². The molecule has 1 atom stereocenters. The second kappa shape index (κ2) is 9.65. The second-order valence-electron chi connectivity index (χ2n) is 5.74. The SMILES string of the molecule is FC(F)(F)C(F)(F)CCCCCCCCCOC1CCCO1. The first kappa shape index (κ1) is 19.6. The zero-order valence-electron chi connectivity index (χ0n) is 12.8. The summed E-state index contributed by atoms with van der Waals surface area (Å²) in [5.74, 6) is -4.55. The summed E-state index contributed by atoms with van der Waals surface area (Å²) in [6.07, 6.45) is 0.130. The molecule has 22 heavy (non-hydrogen) atoms. The standard InChI is InChI=1S/C15H25F5O2/c16-14(17,15(18,19)20)10-6-4-2-1-3-5-7-11-21-13-9-8-12-22-13/h13H,1-12H2. The highest BCUT2D eigenvalue weighted by molar-refractivity contribution is 4.75. The van der Waals surface area contributed by atoms with Crippen molar-refractivity contribution in [2.75, 3.05) is 13.2 Å². The lowest BCUT2D eigenvalue weighted by molar-refractivity contribution is -0.284. The van der Waals surface area contributed by atoms with Gasteiger partial charge in [0.15, 0.2) is 6.29 Å². The Morgan fingerprint density at radius 3 is 2.00 bits per heavy atom. The van der Waals surface area contributed by atoms with Crippen LogP contribution in [0.1, 0.15) is 64.2 Å². The van der Waals surface area contributed by atoms with Crippen LogP contribution in [0.4, 0.5) is 22.0 Å². The summed E-state index contributed by atoms with van der Waals surface area (Å²) in [4.78, 5) is 0. The molecule has 1 unspecified atom stereocenters. The molecule has 0 N–H and O–H groups in total. The van der Waals surface area contributed by atoms with E-state index in [9.17, 15) is 22.0 Å². The van der Waals surface area contributed by atoms with Gasteiger partial charge in [0.05, 0.1) is 0 Å². The van der Waals surface area contributed by atoms with E-state index in [1.807, 2.05) is 0 Å². The Balaban J connectivity index is 1.85. The molecule has 2 nitrogen and oxygen atoms in total. The van der Waals surface area contributed by atoms with Crippen LogP contribution >= 0.6 is 0 Å². The number of ether oxygens (including phenoxy) is 2. The number of hydrogen-bond acceptors (Lipinski definition) is 2. The van der Waals surface area contributed by atoms with Crippen molar-refractivity contribution in [1.82, 2.24) is 0 Å². The Morgan fingerprint density at radius 1 is 0.864 bits per heavy atom. The fraction of sp³-hybridized carbons (Fsp3) is 1.00. The van der Waals surface area contributed by atoms with Crippen molar-refractivity contribution in [1.29, 1.82) is 0 Å². The minimum absolute atomic E-state index is 0.0599. The van der Waals surface area contributed by atoms with Crippen molar-refractivity contribution >= 4 is 0 Å². The Kier molecular flexibility index (Phi) is 8.61. The average Bonchev–Trinajstić information content (AvgIpc) is 2.92. The maximum absolute atomic E-state index is 12.6. The summed E-state index contributed by atoms with van der Waals surface area (Å²) < 4.78 is 71.8. The predicted molar refractivity (Wildman–Crippen MR) is 72.9 cm³/mol. The van der Waals surface area contributed by atoms with Crippen molar-refractivity contribution in [3.8, 4) is 0 Å². The van der Waals surface area contributed by atoms with Crippen LogP contribution in [0.5, 0.6) is 0 Å². The second-order valence-corrected chi connectivity index (χ2v) is 5.74. The molecule has 0 aromatic heterocycles. The van der Waals surface area contributed by atoms with Crippen molar-refractivity contribution in [2.24, 2.45) is 0 Å². The average molecular weight is 332 g/mol. The molecule has 1 fully saturated rings. The fourth-order valence-electron chi connectivity index (χ4n) is 2.37. The molecule has 1 saturated heterocycles. The van der Waals surface area contributed by atoms with Crippen molar-refractivity contribution in [3.63, 3.8) is 0 Å². The molecule has 0 aliphatic carbocycles. The van der Waals surface area contributed by atoms with Crippen LogP contribution in [0, 0.1) is 0 Å². The first-order chi connectivity index (χ1) is 10.3. The molecule has 1 rings (SSSR count). The quantitative estimate of drug-likeness (QED) is 0.369. The van der Waals surface area contributed by atoms with E-state index in [1.165, 1.54) is 0 Å². The molecule has 0 aromatic rings. The molecule has 0 saturated carbocycles. The molecule has 0 bridgehead atoms. The summed E-state index contributed by atoms with van der Waals surface area (Å²) >= 11 is 0. The predicted octanol–water partition coefficient (Wildman–Crippen LogP) is 5.46. The van der Waals surface area contributed by atoms with Gasteiger partial charge in [-0.15, -0.1) is 0 Å². The van der Waals surface area contributed by atoms with Crippen molar-refractivity contribution < 1.29 is 31.4 Å². The third-order valence-electron chi connectivity index (χ3n) is 3.74. The van der Waals surface area contributed by atoms with E-state index >= 15 is 0 Å². The van der Waals surface area contributed by atoms with E-state index < -0.39 is 18.5 Å². The molecular formula is C15H25F5O2. The summed E-state index contributed by atoms with van der Waals surface area (Å²) in [6.45, 7) is 1.42. The lowest BCUT2D eigenvalue weighted by Gasteiger charge is -2.19. The Labute approximate surface area is 128 Å². The largest absolute Gasteiger partial charge is 0.453 e. The van der Waals surface area contributed by atoms with Gasteiger partial charge in [0.1, 0.15) is 0 Å². The molecule has 132 valence electrons. The molecule has 7 heteroatoms. The molecule has 0 spiro atoms. The van der Waals surface area contributed by atoms with Gasteiger partial charge in [0.2, 0.25) is 0 Å². The third kappa shape index (κ3) is 7.72. The number of halogens is 5. The van der Waals surface area contributed by atoms with Gasteiger partial charge in [0, 0.05) is 26.1 Å². The zero-order chi connectivity index (χ0) is 16.5. The van der Waals surface area contributed by atoms with E-state index in [4.69, 9.17) is 9.47 Å². The Hall–Kier alpha value is -0.430. The van der Waals surface area contributed by atoms with Gasteiger partial charge in [-0.2, -0.15) is 22.0 Å². The minimum Gasteiger partial charge on any atom is -0.353 e. The van der Waals surface area contributed by atoms with Crippen LogP contribution in [-0.2, 0) is 9.47 Å². The number of hydrogen-bond donors (Lipinski definition) is 0. The monoisotopic (exact) mass is 332 g/mol. The van der Waals surface area contributed by atoms with E-state index in [0.717, 1.165) is 45.1 Å². The van der Waals surface area contributed by atoms with Crippen LogP contribution in [0.2, 0.25) is 0 Å². The van der Waals surface area contributed by atoms with Gasteiger partial charge in [-0.05, 0) is 19.3 Å². The van der Waals surface area contributed by atoms with Gasteiger partial charge < -0.3 is 9.47 Å². The topological polar surface area (TPSA) is 18.5 Å². The lowest BCUT2D eigenvalue weighted by atomic mass is 10.1. The fourth-order valence-corrected chi connectivity index (χ4v) is 2.37. The molecule has 1 aliphatic heterocycles. The number of alkyl halides is 5. The van der Waals surface area contributed by atoms with Crippen LogP contribution < -0.4 is 0 Å². The summed E-state index contributed by atoms with van der Waals surface area (Å²) in [7, 11) is 0. The molecule has 0 radical (unpaired) electrons. The number of unbranched alkanes of at least 4 members (excludes halogenated alkanes) is 6. The smallest absolute Gasteiger partial charge is 0.353 e. The summed E-state index contributed by atoms with van der Waals surface area (Å²) in [5.41, 5.74) is 0. The van der Waals surface area contributed by atoms with E-state index in [1.54, 1.807) is 0 Å². The first-order valence-corrected chi connectivity index (χ1v) is 8.01. The zero-order valence-corrected chi connectivity index (χ0v) is 12.8. The minimum atomic E-state index is -5.42. The van der Waals surface area contributed by atoms with Crippen LogP contribution in [-0.4, -0.2) is 31.6 Å². The maximum Gasteiger partial charge on any atom is 0.453 e. The molecular weight excluding hydrogens is 307 g/mol. The van der Waals surface area contributed by atoms with Gasteiger partial charge >= 0.3 is 12.1 Å².